The molecule has 22 heavy (non-hydrogen) atoms. The summed E-state index contributed by atoms with van der Waals surface area (Å²) in [6, 6.07) is 5.62. The van der Waals surface area contributed by atoms with Crippen LogP contribution in [0.4, 0.5) is 10.1 Å². The molecule has 2 aromatic rings. The van der Waals surface area contributed by atoms with Gasteiger partial charge in [0, 0.05) is 0 Å². The first-order valence-electron chi connectivity index (χ1n) is 6.22. The number of hydrogen-bond donors (Lipinski definition) is 3. The van der Waals surface area contributed by atoms with E-state index in [0.29, 0.717) is 5.76 Å². The van der Waals surface area contributed by atoms with Crippen LogP contribution >= 0.6 is 11.6 Å². The first-order chi connectivity index (χ1) is 10.5. The Balaban J connectivity index is 2.03. The van der Waals surface area contributed by atoms with E-state index < -0.39 is 30.3 Å². The number of nitrogens with one attached hydrogen (secondary N) is 2. The molecular weight excluding hydrogens is 315 g/mol. The number of rotatable bonds is 4. The van der Waals surface area contributed by atoms with Crippen molar-refractivity contribution >= 4 is 29.1 Å². The number of aliphatic hydroxyl groups excluding tert-OH is 1. The first kappa shape index (κ1) is 16.0. The highest BCUT2D eigenvalue weighted by molar-refractivity contribution is 6.41. The van der Waals surface area contributed by atoms with Crippen molar-refractivity contribution in [1.29, 1.82) is 0 Å². The van der Waals surface area contributed by atoms with Gasteiger partial charge in [0.05, 0.1) is 23.6 Å². The molecule has 1 atom stereocenters. The molecule has 2 amide bonds. The Morgan fingerprint density at radius 3 is 2.73 bits per heavy atom. The number of furan rings is 1. The summed E-state index contributed by atoms with van der Waals surface area (Å²) in [4.78, 5) is 23.6. The lowest BCUT2D eigenvalue weighted by Crippen LogP contribution is -2.39. The quantitative estimate of drug-likeness (QED) is 0.748. The Hall–Kier alpha value is -2.38. The van der Waals surface area contributed by atoms with Crippen LogP contribution < -0.4 is 10.6 Å². The second-order valence-corrected chi connectivity index (χ2v) is 4.71. The highest BCUT2D eigenvalue weighted by Crippen LogP contribution is 2.22. The lowest BCUT2D eigenvalue weighted by atomic mass is 10.2. The Morgan fingerprint density at radius 2 is 2.09 bits per heavy atom. The van der Waals surface area contributed by atoms with E-state index in [2.05, 4.69) is 10.6 Å². The summed E-state index contributed by atoms with van der Waals surface area (Å²) >= 11 is 5.79. The van der Waals surface area contributed by atoms with Gasteiger partial charge in [-0.25, -0.2) is 4.39 Å². The zero-order valence-electron chi connectivity index (χ0n) is 11.2. The van der Waals surface area contributed by atoms with Gasteiger partial charge in [0.2, 0.25) is 0 Å². The number of benzene rings is 1. The van der Waals surface area contributed by atoms with Crippen LogP contribution in [0.15, 0.2) is 41.0 Å². The minimum Gasteiger partial charge on any atom is -0.467 e. The molecular formula is C14H12ClFN2O4. The number of carbonyl (C=O) groups is 2. The van der Waals surface area contributed by atoms with Gasteiger partial charge in [-0.2, -0.15) is 0 Å². The molecule has 0 saturated carbocycles. The number of hydrogen-bond acceptors (Lipinski definition) is 4. The summed E-state index contributed by atoms with van der Waals surface area (Å²) in [5, 5.41) is 13.8. The highest BCUT2D eigenvalue weighted by atomic mass is 35.5. The third-order valence-electron chi connectivity index (χ3n) is 2.76. The van der Waals surface area contributed by atoms with E-state index in [4.69, 9.17) is 16.0 Å². The van der Waals surface area contributed by atoms with Gasteiger partial charge in [-0.3, -0.25) is 9.59 Å². The van der Waals surface area contributed by atoms with E-state index in [1.807, 2.05) is 0 Å². The summed E-state index contributed by atoms with van der Waals surface area (Å²) in [7, 11) is 0. The van der Waals surface area contributed by atoms with Crippen LogP contribution in [0.5, 0.6) is 0 Å². The number of amides is 2. The average molecular weight is 327 g/mol. The Kier molecular flexibility index (Phi) is 5.13. The maximum absolute atomic E-state index is 13.1. The maximum atomic E-state index is 13.1. The third kappa shape index (κ3) is 3.84. The van der Waals surface area contributed by atoms with E-state index in [0.717, 1.165) is 12.1 Å². The molecule has 8 heteroatoms. The molecule has 1 heterocycles. The van der Waals surface area contributed by atoms with Crippen molar-refractivity contribution in [1.82, 2.24) is 5.32 Å². The van der Waals surface area contributed by atoms with Gasteiger partial charge in [-0.05, 0) is 30.3 Å². The average Bonchev–Trinajstić information content (AvgIpc) is 3.02. The predicted octanol–water partition coefficient (Wildman–Crippen LogP) is 1.86. The molecule has 116 valence electrons. The van der Waals surface area contributed by atoms with Crippen molar-refractivity contribution in [3.63, 3.8) is 0 Å². The zero-order valence-corrected chi connectivity index (χ0v) is 11.9. The van der Waals surface area contributed by atoms with Gasteiger partial charge >= 0.3 is 11.8 Å². The normalized spacial score (nSPS) is 11.8. The van der Waals surface area contributed by atoms with Crippen molar-refractivity contribution in [2.24, 2.45) is 0 Å². The predicted molar refractivity (Wildman–Crippen MR) is 76.7 cm³/mol. The van der Waals surface area contributed by atoms with Gasteiger partial charge in [0.15, 0.2) is 0 Å². The Bertz CT molecular complexity index is 675. The van der Waals surface area contributed by atoms with E-state index >= 15 is 0 Å². The van der Waals surface area contributed by atoms with Crippen LogP contribution in [0.1, 0.15) is 11.8 Å². The number of carbonyl (C=O) groups excluding carboxylic acids is 2. The summed E-state index contributed by atoms with van der Waals surface area (Å²) < 4.78 is 18.1. The summed E-state index contributed by atoms with van der Waals surface area (Å²) in [6.07, 6.45) is 1.37. The second kappa shape index (κ2) is 7.06. The van der Waals surface area contributed by atoms with E-state index in [1.54, 1.807) is 12.1 Å². The fraction of sp³-hybridized carbons (Fsp3) is 0.143. The molecule has 1 unspecified atom stereocenters. The van der Waals surface area contributed by atoms with Gasteiger partial charge in [-0.1, -0.05) is 11.6 Å². The molecule has 0 fully saturated rings. The van der Waals surface area contributed by atoms with Crippen LogP contribution in [0, 0.1) is 5.82 Å². The Morgan fingerprint density at radius 1 is 1.32 bits per heavy atom. The largest absolute Gasteiger partial charge is 0.467 e. The molecule has 0 aliphatic carbocycles. The number of halogens is 2. The topological polar surface area (TPSA) is 91.6 Å². The van der Waals surface area contributed by atoms with Gasteiger partial charge in [0.25, 0.3) is 0 Å². The molecule has 0 aliphatic heterocycles. The fourth-order valence-electron chi connectivity index (χ4n) is 1.69. The fourth-order valence-corrected chi connectivity index (χ4v) is 1.86. The van der Waals surface area contributed by atoms with Crippen molar-refractivity contribution < 1.29 is 23.5 Å². The monoisotopic (exact) mass is 326 g/mol. The molecule has 1 aromatic heterocycles. The molecule has 0 bridgehead atoms. The summed E-state index contributed by atoms with van der Waals surface area (Å²) in [5.74, 6) is -2.37. The molecule has 1 aromatic carbocycles. The standard InChI is InChI=1S/C14H12ClFN2O4/c15-9-4-3-8(16)6-10(9)17-13(20)14(21)18-11(7-19)12-2-1-5-22-12/h1-6,11,19H,7H2,(H,17,20)(H,18,21). The van der Waals surface area contributed by atoms with Crippen LogP contribution in [0.25, 0.3) is 0 Å². The molecule has 0 spiro atoms. The van der Waals surface area contributed by atoms with Gasteiger partial charge < -0.3 is 20.2 Å². The summed E-state index contributed by atoms with van der Waals surface area (Å²) in [5.41, 5.74) is -0.0274. The molecule has 3 N–H and O–H groups in total. The van der Waals surface area contributed by atoms with Crippen LogP contribution in [0.3, 0.4) is 0 Å². The third-order valence-corrected chi connectivity index (χ3v) is 3.09. The van der Waals surface area contributed by atoms with E-state index in [9.17, 15) is 19.1 Å². The highest BCUT2D eigenvalue weighted by Gasteiger charge is 2.21. The van der Waals surface area contributed by atoms with Gasteiger partial charge in [-0.15, -0.1) is 0 Å². The van der Waals surface area contributed by atoms with Crippen molar-refractivity contribution in [3.8, 4) is 0 Å². The molecule has 0 radical (unpaired) electrons. The van der Waals surface area contributed by atoms with Crippen LogP contribution in [-0.2, 0) is 9.59 Å². The van der Waals surface area contributed by atoms with Crippen molar-refractivity contribution in [2.75, 3.05) is 11.9 Å². The lowest BCUT2D eigenvalue weighted by molar-refractivity contribution is -0.136. The summed E-state index contributed by atoms with van der Waals surface area (Å²) in [6.45, 7) is -0.451. The molecule has 6 nitrogen and oxygen atoms in total. The molecule has 0 aliphatic rings. The van der Waals surface area contributed by atoms with Crippen molar-refractivity contribution in [2.45, 2.75) is 6.04 Å². The Labute approximate surface area is 129 Å². The number of aliphatic hydroxyl groups is 1. The SMILES string of the molecule is O=C(Nc1cc(F)ccc1Cl)C(=O)NC(CO)c1ccco1. The minimum absolute atomic E-state index is 0.0274. The second-order valence-electron chi connectivity index (χ2n) is 4.30. The van der Waals surface area contributed by atoms with E-state index in [1.165, 1.54) is 12.3 Å². The number of anilines is 1. The van der Waals surface area contributed by atoms with Crippen molar-refractivity contribution in [3.05, 3.63) is 53.2 Å². The minimum atomic E-state index is -1.04. The lowest BCUT2D eigenvalue weighted by Gasteiger charge is -2.14. The molecule has 0 saturated heterocycles. The smallest absolute Gasteiger partial charge is 0.313 e. The van der Waals surface area contributed by atoms with Crippen LogP contribution in [-0.4, -0.2) is 23.5 Å². The maximum Gasteiger partial charge on any atom is 0.313 e. The molecule has 2 rings (SSSR count). The zero-order chi connectivity index (χ0) is 16.1. The van der Waals surface area contributed by atoms with Crippen LogP contribution in [0.2, 0.25) is 5.02 Å². The van der Waals surface area contributed by atoms with E-state index in [-0.39, 0.29) is 10.7 Å². The first-order valence-corrected chi connectivity index (χ1v) is 6.60. The van der Waals surface area contributed by atoms with Gasteiger partial charge in [0.1, 0.15) is 17.6 Å².